The van der Waals surface area contributed by atoms with Crippen LogP contribution in [0.15, 0.2) is 18.2 Å². The van der Waals surface area contributed by atoms with E-state index in [1.54, 1.807) is 18.4 Å². The van der Waals surface area contributed by atoms with E-state index in [1.165, 1.54) is 16.9 Å². The number of thiophene rings is 1. The number of amides is 1. The van der Waals surface area contributed by atoms with Crippen LogP contribution in [0.1, 0.15) is 73.1 Å². The van der Waals surface area contributed by atoms with Gasteiger partial charge in [-0.1, -0.05) is 33.3 Å². The Kier molecular flexibility index (Phi) is 5.71. The fraction of sp³-hybridized carbons (Fsp3) is 0.542. The summed E-state index contributed by atoms with van der Waals surface area (Å²) in [5, 5.41) is 7.71. The molecule has 0 bridgehead atoms. The molecule has 6 heteroatoms. The highest BCUT2D eigenvalue weighted by atomic mass is 32.1. The normalized spacial score (nSPS) is 20.6. The predicted molar refractivity (Wildman–Crippen MR) is 122 cm³/mol. The summed E-state index contributed by atoms with van der Waals surface area (Å²) in [7, 11) is 1.63. The minimum absolute atomic E-state index is 0.0215. The molecule has 1 aliphatic heterocycles. The van der Waals surface area contributed by atoms with Gasteiger partial charge in [-0.05, 0) is 60.8 Å². The van der Waals surface area contributed by atoms with Crippen LogP contribution >= 0.6 is 11.3 Å². The van der Waals surface area contributed by atoms with Crippen molar-refractivity contribution < 1.29 is 14.3 Å². The summed E-state index contributed by atoms with van der Waals surface area (Å²) in [6, 6.07) is 5.80. The molecule has 0 fully saturated rings. The van der Waals surface area contributed by atoms with Crippen molar-refractivity contribution in [1.29, 1.82) is 0 Å². The molecule has 0 spiro atoms. The molecule has 0 unspecified atom stereocenters. The number of nitrogens with one attached hydrogen (secondary N) is 2. The molecule has 1 aromatic carbocycles. The highest BCUT2D eigenvalue weighted by Gasteiger charge is 2.37. The molecular formula is C24H32N2O3S. The number of anilines is 1. The molecule has 0 saturated heterocycles. The van der Waals surface area contributed by atoms with Crippen molar-refractivity contribution in [3.63, 3.8) is 0 Å². The van der Waals surface area contributed by atoms with Gasteiger partial charge < -0.3 is 20.1 Å². The Hall–Kier alpha value is -2.21. The van der Waals surface area contributed by atoms with E-state index in [2.05, 4.69) is 31.4 Å². The average molecular weight is 429 g/mol. The molecule has 1 aromatic heterocycles. The second-order valence-electron chi connectivity index (χ2n) is 8.88. The van der Waals surface area contributed by atoms with Crippen LogP contribution in [0, 0.1) is 11.3 Å². The van der Waals surface area contributed by atoms with Gasteiger partial charge in [-0.3, -0.25) is 4.79 Å². The van der Waals surface area contributed by atoms with Crippen LogP contribution in [0.4, 0.5) is 5.00 Å². The third kappa shape index (κ3) is 3.66. The zero-order valence-electron chi connectivity index (χ0n) is 18.6. The third-order valence-electron chi connectivity index (χ3n) is 6.88. The van der Waals surface area contributed by atoms with Crippen LogP contribution in [0.3, 0.4) is 0 Å². The van der Waals surface area contributed by atoms with Crippen molar-refractivity contribution in [2.24, 2.45) is 11.3 Å². The van der Waals surface area contributed by atoms with Crippen molar-refractivity contribution in [1.82, 2.24) is 5.32 Å². The van der Waals surface area contributed by atoms with E-state index >= 15 is 0 Å². The summed E-state index contributed by atoms with van der Waals surface area (Å²) in [5.41, 5.74) is 3.40. The van der Waals surface area contributed by atoms with Gasteiger partial charge in [-0.2, -0.15) is 0 Å². The summed E-state index contributed by atoms with van der Waals surface area (Å²) < 4.78 is 11.1. The van der Waals surface area contributed by atoms with E-state index in [1.807, 2.05) is 25.1 Å². The van der Waals surface area contributed by atoms with E-state index in [0.717, 1.165) is 35.4 Å². The topological polar surface area (TPSA) is 59.6 Å². The van der Waals surface area contributed by atoms with Gasteiger partial charge in [-0.15, -0.1) is 11.3 Å². The van der Waals surface area contributed by atoms with E-state index in [9.17, 15) is 4.79 Å². The Balaban J connectivity index is 1.61. The lowest BCUT2D eigenvalue weighted by Gasteiger charge is -2.36. The molecule has 2 aromatic rings. The van der Waals surface area contributed by atoms with Crippen LogP contribution in [-0.2, 0) is 12.8 Å². The standard InChI is InChI=1S/C24H32N2O3S/c1-6-24(3,4)15-9-10-16-19(13-15)30-23-20(16)22(27)25-21(26-23)14-8-11-17(28-5)18(12-14)29-7-2/h8,11-12,15,21,26H,6-7,9-10,13H2,1-5H3,(H,25,27)/t15-,21-/m0/s1. The lowest BCUT2D eigenvalue weighted by Crippen LogP contribution is -2.38. The lowest BCUT2D eigenvalue weighted by atomic mass is 9.69. The molecule has 2 aliphatic rings. The third-order valence-corrected chi connectivity index (χ3v) is 8.07. The molecule has 0 saturated carbocycles. The fourth-order valence-corrected chi connectivity index (χ4v) is 5.91. The monoisotopic (exact) mass is 428 g/mol. The molecule has 30 heavy (non-hydrogen) atoms. The largest absolute Gasteiger partial charge is 0.493 e. The van der Waals surface area contributed by atoms with Gasteiger partial charge in [0.1, 0.15) is 11.2 Å². The first-order valence-corrected chi connectivity index (χ1v) is 11.7. The Morgan fingerprint density at radius 1 is 1.20 bits per heavy atom. The van der Waals surface area contributed by atoms with Crippen LogP contribution in [-0.4, -0.2) is 19.6 Å². The zero-order valence-corrected chi connectivity index (χ0v) is 19.4. The molecule has 5 nitrogen and oxygen atoms in total. The molecule has 2 heterocycles. The predicted octanol–water partition coefficient (Wildman–Crippen LogP) is 5.55. The fourth-order valence-electron chi connectivity index (χ4n) is 4.56. The highest BCUT2D eigenvalue weighted by Crippen LogP contribution is 2.47. The highest BCUT2D eigenvalue weighted by molar-refractivity contribution is 7.16. The van der Waals surface area contributed by atoms with Gasteiger partial charge in [-0.25, -0.2) is 0 Å². The Morgan fingerprint density at radius 2 is 2.00 bits per heavy atom. The Bertz CT molecular complexity index is 950. The van der Waals surface area contributed by atoms with Crippen LogP contribution in [0.5, 0.6) is 11.5 Å². The van der Waals surface area contributed by atoms with Crippen molar-refractivity contribution >= 4 is 22.2 Å². The first-order valence-electron chi connectivity index (χ1n) is 10.9. The smallest absolute Gasteiger partial charge is 0.256 e. The number of rotatable bonds is 6. The lowest BCUT2D eigenvalue weighted by molar-refractivity contribution is 0.0934. The van der Waals surface area contributed by atoms with Gasteiger partial charge >= 0.3 is 0 Å². The second kappa shape index (κ2) is 8.14. The minimum Gasteiger partial charge on any atom is -0.493 e. The number of carbonyl (C=O) groups is 1. The summed E-state index contributed by atoms with van der Waals surface area (Å²) >= 11 is 1.76. The van der Waals surface area contributed by atoms with E-state index < -0.39 is 0 Å². The summed E-state index contributed by atoms with van der Waals surface area (Å²) in [5.74, 6) is 2.08. The number of hydrogen-bond acceptors (Lipinski definition) is 5. The Labute approximate surface area is 183 Å². The molecule has 2 N–H and O–H groups in total. The van der Waals surface area contributed by atoms with Crippen molar-refractivity contribution in [3.8, 4) is 11.5 Å². The minimum atomic E-state index is -0.280. The maximum absolute atomic E-state index is 13.1. The second-order valence-corrected chi connectivity index (χ2v) is 9.99. The first kappa shape index (κ1) is 21.0. The van der Waals surface area contributed by atoms with E-state index in [4.69, 9.17) is 9.47 Å². The van der Waals surface area contributed by atoms with E-state index in [0.29, 0.717) is 29.4 Å². The van der Waals surface area contributed by atoms with Gasteiger partial charge in [0.15, 0.2) is 11.5 Å². The number of fused-ring (bicyclic) bond motifs is 3. The van der Waals surface area contributed by atoms with Gasteiger partial charge in [0.05, 0.1) is 19.3 Å². The number of benzene rings is 1. The average Bonchev–Trinajstić information content (AvgIpc) is 3.12. The number of methoxy groups -OCH3 is 1. The first-order chi connectivity index (χ1) is 14.4. The molecule has 2 atom stereocenters. The number of ether oxygens (including phenoxy) is 2. The quantitative estimate of drug-likeness (QED) is 0.633. The molecular weight excluding hydrogens is 396 g/mol. The molecule has 4 rings (SSSR count). The van der Waals surface area contributed by atoms with Gasteiger partial charge in [0.25, 0.3) is 5.91 Å². The molecule has 1 amide bonds. The van der Waals surface area contributed by atoms with Crippen LogP contribution in [0.2, 0.25) is 0 Å². The van der Waals surface area contributed by atoms with Crippen molar-refractivity contribution in [3.05, 3.63) is 39.8 Å². The summed E-state index contributed by atoms with van der Waals surface area (Å²) in [6.07, 6.45) is 4.12. The van der Waals surface area contributed by atoms with Crippen LogP contribution in [0.25, 0.3) is 0 Å². The Morgan fingerprint density at radius 3 is 2.70 bits per heavy atom. The summed E-state index contributed by atoms with van der Waals surface area (Å²) in [6.45, 7) is 9.52. The maximum Gasteiger partial charge on any atom is 0.256 e. The number of carbonyl (C=O) groups excluding carboxylic acids is 1. The zero-order chi connectivity index (χ0) is 21.5. The summed E-state index contributed by atoms with van der Waals surface area (Å²) in [4.78, 5) is 14.5. The van der Waals surface area contributed by atoms with Crippen molar-refractivity contribution in [2.75, 3.05) is 19.0 Å². The van der Waals surface area contributed by atoms with Gasteiger partial charge in [0, 0.05) is 4.88 Å². The maximum atomic E-state index is 13.1. The molecule has 1 aliphatic carbocycles. The SMILES string of the molecule is CCOc1cc([C@H]2NC(=O)c3c(sc4c3CC[C@H](C(C)(C)CC)C4)N2)ccc1OC. The van der Waals surface area contributed by atoms with Crippen LogP contribution < -0.4 is 20.1 Å². The number of hydrogen-bond donors (Lipinski definition) is 2. The molecule has 162 valence electrons. The van der Waals surface area contributed by atoms with Gasteiger partial charge in [0.2, 0.25) is 0 Å². The van der Waals surface area contributed by atoms with E-state index in [-0.39, 0.29) is 12.1 Å². The molecule has 0 radical (unpaired) electrons. The van der Waals surface area contributed by atoms with Crippen molar-refractivity contribution in [2.45, 2.75) is 59.5 Å².